The molecule has 1 aromatic heterocycles. The smallest absolute Gasteiger partial charge is 0.274 e. The molecule has 0 unspecified atom stereocenters. The predicted octanol–water partition coefficient (Wildman–Crippen LogP) is 2.28. The number of nitrogens with zero attached hydrogens (tertiary/aromatic N) is 1. The van der Waals surface area contributed by atoms with E-state index in [0.29, 0.717) is 11.4 Å². The van der Waals surface area contributed by atoms with E-state index in [9.17, 15) is 14.4 Å². The number of hydrogen-bond donors (Lipinski definition) is 3. The summed E-state index contributed by atoms with van der Waals surface area (Å²) in [4.78, 5) is 36.6. The second-order valence-corrected chi connectivity index (χ2v) is 6.18. The van der Waals surface area contributed by atoms with Gasteiger partial charge in [-0.1, -0.05) is 12.1 Å². The van der Waals surface area contributed by atoms with Gasteiger partial charge in [0.05, 0.1) is 13.7 Å². The molecule has 8 heteroatoms. The molecule has 8 nitrogen and oxygen atoms in total. The van der Waals surface area contributed by atoms with Gasteiger partial charge in [0.15, 0.2) is 0 Å². The van der Waals surface area contributed by atoms with Crippen molar-refractivity contribution in [3.63, 3.8) is 0 Å². The van der Waals surface area contributed by atoms with E-state index in [1.165, 1.54) is 22.8 Å². The molecule has 0 bridgehead atoms. The Hall–Kier alpha value is -3.91. The van der Waals surface area contributed by atoms with Gasteiger partial charge in [0, 0.05) is 17.4 Å². The lowest BCUT2D eigenvalue weighted by atomic mass is 10.1. The number of pyridine rings is 1. The van der Waals surface area contributed by atoms with Crippen molar-refractivity contribution >= 4 is 17.5 Å². The molecule has 0 aliphatic rings. The minimum Gasteiger partial charge on any atom is -0.497 e. The average Bonchev–Trinajstić information content (AvgIpc) is 2.75. The Kier molecular flexibility index (Phi) is 6.06. The number of hydrogen-bond acceptors (Lipinski definition) is 5. The number of amides is 2. The second-order valence-electron chi connectivity index (χ2n) is 6.18. The van der Waals surface area contributed by atoms with Crippen molar-refractivity contribution < 1.29 is 19.5 Å². The summed E-state index contributed by atoms with van der Waals surface area (Å²) >= 11 is 0. The Bertz CT molecular complexity index is 1070. The first kappa shape index (κ1) is 19.8. The van der Waals surface area contributed by atoms with E-state index in [1.54, 1.807) is 61.3 Å². The second kappa shape index (κ2) is 8.85. The first-order chi connectivity index (χ1) is 14.0. The number of benzene rings is 2. The molecule has 3 aromatic rings. The molecule has 0 radical (unpaired) electrons. The molecule has 0 aliphatic carbocycles. The summed E-state index contributed by atoms with van der Waals surface area (Å²) in [5.74, 6) is -0.469. The maximum absolute atomic E-state index is 12.7. The highest BCUT2D eigenvalue weighted by Gasteiger charge is 2.13. The maximum Gasteiger partial charge on any atom is 0.274 e. The van der Waals surface area contributed by atoms with Crippen LogP contribution in [0.25, 0.3) is 0 Å². The van der Waals surface area contributed by atoms with Crippen molar-refractivity contribution in [1.29, 1.82) is 0 Å². The van der Waals surface area contributed by atoms with Crippen LogP contribution in [0.4, 0.5) is 5.69 Å². The van der Waals surface area contributed by atoms with Gasteiger partial charge in [-0.2, -0.15) is 0 Å². The van der Waals surface area contributed by atoms with Gasteiger partial charge in [0.2, 0.25) is 0 Å². The Morgan fingerprint density at radius 1 is 1.00 bits per heavy atom. The van der Waals surface area contributed by atoms with Gasteiger partial charge in [0.1, 0.15) is 11.3 Å². The van der Waals surface area contributed by atoms with Gasteiger partial charge < -0.3 is 14.6 Å². The molecule has 29 heavy (non-hydrogen) atoms. The molecule has 0 spiro atoms. The van der Waals surface area contributed by atoms with Crippen LogP contribution < -0.4 is 21.1 Å². The monoisotopic (exact) mass is 393 g/mol. The van der Waals surface area contributed by atoms with E-state index in [-0.39, 0.29) is 17.7 Å². The van der Waals surface area contributed by atoms with Crippen LogP contribution in [0.2, 0.25) is 0 Å². The zero-order valence-electron chi connectivity index (χ0n) is 15.6. The van der Waals surface area contributed by atoms with Crippen LogP contribution in [0.15, 0.2) is 71.7 Å². The standard InChI is InChI=1S/C21H19N3O5/c1-29-17-10-8-16(9-11-17)22-20(26)18-3-2-12-24(21(18)27)13-14-4-6-15(7-5-14)19(25)23-28/h2-12,28H,13H2,1H3,(H,22,26)(H,23,25). The van der Waals surface area contributed by atoms with Crippen LogP contribution in [0, 0.1) is 0 Å². The van der Waals surface area contributed by atoms with E-state index >= 15 is 0 Å². The van der Waals surface area contributed by atoms with Crippen LogP contribution in [0.5, 0.6) is 5.75 Å². The summed E-state index contributed by atoms with van der Waals surface area (Å²) in [5, 5.41) is 11.3. The quantitative estimate of drug-likeness (QED) is 0.440. The van der Waals surface area contributed by atoms with Crippen molar-refractivity contribution in [3.05, 3.63) is 93.9 Å². The van der Waals surface area contributed by atoms with E-state index in [4.69, 9.17) is 9.94 Å². The third kappa shape index (κ3) is 4.69. The van der Waals surface area contributed by atoms with Crippen molar-refractivity contribution in [3.8, 4) is 5.75 Å². The number of ether oxygens (including phenoxy) is 1. The molecule has 2 amide bonds. The SMILES string of the molecule is COc1ccc(NC(=O)c2cccn(Cc3ccc(C(=O)NO)cc3)c2=O)cc1. The first-order valence-corrected chi connectivity index (χ1v) is 8.70. The van der Waals surface area contributed by atoms with Gasteiger partial charge in [-0.15, -0.1) is 0 Å². The van der Waals surface area contributed by atoms with Crippen LogP contribution in [-0.4, -0.2) is 28.7 Å². The summed E-state index contributed by atoms with van der Waals surface area (Å²) < 4.78 is 6.48. The molecular formula is C21H19N3O5. The van der Waals surface area contributed by atoms with Crippen LogP contribution in [0.1, 0.15) is 26.3 Å². The first-order valence-electron chi connectivity index (χ1n) is 8.70. The van der Waals surface area contributed by atoms with E-state index in [0.717, 1.165) is 5.56 Å². The largest absolute Gasteiger partial charge is 0.497 e. The molecular weight excluding hydrogens is 374 g/mol. The number of nitrogens with one attached hydrogen (secondary N) is 2. The Morgan fingerprint density at radius 2 is 1.69 bits per heavy atom. The molecule has 3 N–H and O–H groups in total. The third-order valence-corrected chi connectivity index (χ3v) is 4.28. The minimum absolute atomic E-state index is 0.0135. The molecule has 2 aromatic carbocycles. The fourth-order valence-corrected chi connectivity index (χ4v) is 2.73. The van der Waals surface area contributed by atoms with E-state index in [2.05, 4.69) is 5.32 Å². The number of rotatable bonds is 6. The number of hydroxylamine groups is 1. The van der Waals surface area contributed by atoms with Gasteiger partial charge >= 0.3 is 0 Å². The van der Waals surface area contributed by atoms with Gasteiger partial charge in [-0.05, 0) is 54.1 Å². The number of anilines is 1. The van der Waals surface area contributed by atoms with Gasteiger partial charge in [0.25, 0.3) is 17.4 Å². The van der Waals surface area contributed by atoms with Crippen molar-refractivity contribution in [1.82, 2.24) is 10.0 Å². The maximum atomic E-state index is 12.7. The number of carbonyl (C=O) groups excluding carboxylic acids is 2. The molecule has 3 rings (SSSR count). The minimum atomic E-state index is -0.620. The number of methoxy groups -OCH3 is 1. The lowest BCUT2D eigenvalue weighted by Crippen LogP contribution is -2.29. The molecule has 0 saturated carbocycles. The third-order valence-electron chi connectivity index (χ3n) is 4.28. The van der Waals surface area contributed by atoms with Crippen LogP contribution in [-0.2, 0) is 6.54 Å². The van der Waals surface area contributed by atoms with Gasteiger partial charge in [-0.25, -0.2) is 5.48 Å². The molecule has 0 atom stereocenters. The van der Waals surface area contributed by atoms with Crippen LogP contribution >= 0.6 is 0 Å². The summed E-state index contributed by atoms with van der Waals surface area (Å²) in [6.45, 7) is 0.226. The van der Waals surface area contributed by atoms with Crippen molar-refractivity contribution in [2.24, 2.45) is 0 Å². The summed E-state index contributed by atoms with van der Waals surface area (Å²) in [6.07, 6.45) is 1.58. The highest BCUT2D eigenvalue weighted by atomic mass is 16.5. The lowest BCUT2D eigenvalue weighted by molar-refractivity contribution is 0.0706. The highest BCUT2D eigenvalue weighted by Crippen LogP contribution is 2.15. The Morgan fingerprint density at radius 3 is 2.31 bits per heavy atom. The summed E-state index contributed by atoms with van der Waals surface area (Å²) in [5.41, 5.74) is 2.73. The van der Waals surface area contributed by atoms with Gasteiger partial charge in [-0.3, -0.25) is 19.6 Å². The Balaban J connectivity index is 1.77. The fraction of sp³-hybridized carbons (Fsp3) is 0.0952. The van der Waals surface area contributed by atoms with E-state index < -0.39 is 17.4 Å². The number of aromatic nitrogens is 1. The molecule has 0 aliphatic heterocycles. The predicted molar refractivity (Wildman–Crippen MR) is 106 cm³/mol. The zero-order valence-corrected chi connectivity index (χ0v) is 15.6. The van der Waals surface area contributed by atoms with Crippen molar-refractivity contribution in [2.75, 3.05) is 12.4 Å². The summed E-state index contributed by atoms with van der Waals surface area (Å²) in [7, 11) is 1.55. The highest BCUT2D eigenvalue weighted by molar-refractivity contribution is 6.04. The topological polar surface area (TPSA) is 110 Å². The van der Waals surface area contributed by atoms with E-state index in [1.807, 2.05) is 0 Å². The zero-order chi connectivity index (χ0) is 20.8. The molecule has 0 fully saturated rings. The molecule has 0 saturated heterocycles. The lowest BCUT2D eigenvalue weighted by Gasteiger charge is -2.10. The molecule has 148 valence electrons. The average molecular weight is 393 g/mol. The number of carbonyl (C=O) groups is 2. The normalized spacial score (nSPS) is 10.3. The van der Waals surface area contributed by atoms with Crippen LogP contribution in [0.3, 0.4) is 0 Å². The van der Waals surface area contributed by atoms with Crippen molar-refractivity contribution in [2.45, 2.75) is 6.54 Å². The Labute approximate surface area is 166 Å². The fourth-order valence-electron chi connectivity index (χ4n) is 2.73. The summed E-state index contributed by atoms with van der Waals surface area (Å²) in [6, 6.07) is 16.3. The molecule has 1 heterocycles.